The quantitative estimate of drug-likeness (QED) is 0.424. The molecule has 6 atom stereocenters. The number of oxime groups is 1. The number of esters is 1. The molecule has 2 saturated carbocycles. The molecule has 0 unspecified atom stereocenters. The third kappa shape index (κ3) is 2.60. The van der Waals surface area contributed by atoms with E-state index in [9.17, 15) is 14.4 Å². The van der Waals surface area contributed by atoms with Crippen LogP contribution in [0.25, 0.3) is 0 Å². The van der Waals surface area contributed by atoms with Crippen molar-refractivity contribution in [3.63, 3.8) is 0 Å². The molecule has 6 rings (SSSR count). The van der Waals surface area contributed by atoms with Crippen LogP contribution >= 0.6 is 0 Å². The van der Waals surface area contributed by atoms with Crippen LogP contribution in [0.1, 0.15) is 24.5 Å². The van der Waals surface area contributed by atoms with Crippen LogP contribution in [0.2, 0.25) is 0 Å². The Bertz CT molecular complexity index is 1170. The van der Waals surface area contributed by atoms with Crippen LogP contribution in [-0.4, -0.2) is 29.6 Å². The lowest BCUT2D eigenvalue weighted by molar-refractivity contribution is -0.132. The standard InChI is InChI=1S/C25H22N2O5/c1-12-3-5-14(6-4-12)22-21-17-11-18(23(21)32-26-22)20-19(17)24(29)27(25(20)30)15-7-9-16(10-8-15)31-13(2)28/h3-10,17-21,23H,11H2,1-2H3/t17-,18-,19-,20-,21+,23-/m1/s1. The molecule has 2 heterocycles. The molecule has 2 aliphatic carbocycles. The minimum Gasteiger partial charge on any atom is -0.427 e. The normalized spacial score (nSPS) is 31.9. The number of imide groups is 1. The van der Waals surface area contributed by atoms with E-state index in [1.54, 1.807) is 24.3 Å². The van der Waals surface area contributed by atoms with Gasteiger partial charge in [-0.3, -0.25) is 19.3 Å². The minimum absolute atomic E-state index is 0.0107. The third-order valence-electron chi connectivity index (χ3n) is 7.39. The lowest BCUT2D eigenvalue weighted by atomic mass is 9.71. The number of ether oxygens (including phenoxy) is 1. The van der Waals surface area contributed by atoms with E-state index in [1.807, 2.05) is 31.2 Å². The molecule has 2 bridgehead atoms. The van der Waals surface area contributed by atoms with Crippen molar-refractivity contribution in [2.75, 3.05) is 4.90 Å². The van der Waals surface area contributed by atoms with E-state index >= 15 is 0 Å². The summed E-state index contributed by atoms with van der Waals surface area (Å²) in [5.74, 6) is -1.01. The van der Waals surface area contributed by atoms with Crippen molar-refractivity contribution in [2.45, 2.75) is 26.4 Å². The van der Waals surface area contributed by atoms with Gasteiger partial charge in [0.2, 0.25) is 11.8 Å². The summed E-state index contributed by atoms with van der Waals surface area (Å²) in [6.07, 6.45) is 0.660. The Morgan fingerprint density at radius 2 is 1.62 bits per heavy atom. The zero-order valence-corrected chi connectivity index (χ0v) is 17.7. The highest BCUT2D eigenvalue weighted by Gasteiger charge is 2.70. The number of rotatable bonds is 3. The summed E-state index contributed by atoms with van der Waals surface area (Å²) in [7, 11) is 0. The number of carbonyl (C=O) groups is 3. The molecule has 4 aliphatic rings. The number of nitrogens with zero attached hydrogens (tertiary/aromatic N) is 2. The topological polar surface area (TPSA) is 85.3 Å². The lowest BCUT2D eigenvalue weighted by Gasteiger charge is -2.29. The zero-order valence-electron chi connectivity index (χ0n) is 17.7. The maximum Gasteiger partial charge on any atom is 0.308 e. The fourth-order valence-electron chi connectivity index (χ4n) is 6.17. The maximum absolute atomic E-state index is 13.5. The van der Waals surface area contributed by atoms with Crippen molar-refractivity contribution in [3.8, 4) is 5.75 Å². The summed E-state index contributed by atoms with van der Waals surface area (Å²) in [5, 5.41) is 4.39. The lowest BCUT2D eigenvalue weighted by Crippen LogP contribution is -2.41. The number of hydrogen-bond acceptors (Lipinski definition) is 6. The van der Waals surface area contributed by atoms with Gasteiger partial charge < -0.3 is 9.57 Å². The molecule has 162 valence electrons. The molecular weight excluding hydrogens is 408 g/mol. The number of aryl methyl sites for hydroxylation is 1. The molecule has 32 heavy (non-hydrogen) atoms. The van der Waals surface area contributed by atoms with Crippen LogP contribution in [-0.2, 0) is 19.2 Å². The van der Waals surface area contributed by atoms with Crippen LogP contribution in [0.3, 0.4) is 0 Å². The van der Waals surface area contributed by atoms with E-state index < -0.39 is 5.97 Å². The molecule has 3 fully saturated rings. The Kier molecular flexibility index (Phi) is 4.06. The molecule has 0 spiro atoms. The minimum atomic E-state index is -0.422. The van der Waals surface area contributed by atoms with Crippen LogP contribution in [0.15, 0.2) is 53.7 Å². The van der Waals surface area contributed by atoms with Crippen LogP contribution in [0.4, 0.5) is 5.69 Å². The van der Waals surface area contributed by atoms with E-state index in [-0.39, 0.29) is 47.5 Å². The van der Waals surface area contributed by atoms with Crippen LogP contribution in [0, 0.1) is 36.5 Å². The van der Waals surface area contributed by atoms with Gasteiger partial charge in [0, 0.05) is 18.8 Å². The van der Waals surface area contributed by atoms with Gasteiger partial charge in [-0.25, -0.2) is 0 Å². The molecule has 0 N–H and O–H groups in total. The Hall–Kier alpha value is -3.48. The first-order chi connectivity index (χ1) is 15.4. The maximum atomic E-state index is 13.5. The highest BCUT2D eigenvalue weighted by molar-refractivity contribution is 6.23. The Balaban J connectivity index is 1.29. The van der Waals surface area contributed by atoms with Crippen LogP contribution in [0.5, 0.6) is 5.75 Å². The van der Waals surface area contributed by atoms with Gasteiger partial charge in [-0.1, -0.05) is 35.0 Å². The fraction of sp³-hybridized carbons (Fsp3) is 0.360. The summed E-state index contributed by atoms with van der Waals surface area (Å²) in [6.45, 7) is 3.36. The third-order valence-corrected chi connectivity index (χ3v) is 7.39. The molecular formula is C25H22N2O5. The van der Waals surface area contributed by atoms with Crippen molar-refractivity contribution in [2.24, 2.45) is 34.7 Å². The molecule has 0 radical (unpaired) electrons. The number of hydrogen-bond donors (Lipinski definition) is 0. The number of amides is 2. The molecule has 2 aliphatic heterocycles. The van der Waals surface area contributed by atoms with Gasteiger partial charge in [0.1, 0.15) is 11.9 Å². The monoisotopic (exact) mass is 430 g/mol. The summed E-state index contributed by atoms with van der Waals surface area (Å²) in [4.78, 5) is 45.1. The van der Waals surface area contributed by atoms with E-state index in [4.69, 9.17) is 9.57 Å². The van der Waals surface area contributed by atoms with Gasteiger partial charge in [0.25, 0.3) is 0 Å². The van der Waals surface area contributed by atoms with Crippen molar-refractivity contribution in [1.29, 1.82) is 0 Å². The predicted molar refractivity (Wildman–Crippen MR) is 115 cm³/mol. The SMILES string of the molecule is CC(=O)Oc1ccc(N2C(=O)[C@@H]3[C@H]4C[C@@H]([C@H]5C(c6ccc(C)cc6)=NO[C@H]45)[C@H]3C2=O)cc1. The molecule has 7 nitrogen and oxygen atoms in total. The van der Waals surface area contributed by atoms with Gasteiger partial charge >= 0.3 is 5.97 Å². The highest BCUT2D eigenvalue weighted by Crippen LogP contribution is 2.62. The van der Waals surface area contributed by atoms with E-state index in [0.29, 0.717) is 11.4 Å². The summed E-state index contributed by atoms with van der Waals surface area (Å²) in [6, 6.07) is 14.7. The highest BCUT2D eigenvalue weighted by atomic mass is 16.6. The second kappa shape index (κ2) is 6.76. The Labute approximate surface area is 185 Å². The first-order valence-corrected chi connectivity index (χ1v) is 10.9. The fourth-order valence-corrected chi connectivity index (χ4v) is 6.17. The molecule has 7 heteroatoms. The van der Waals surface area contributed by atoms with Gasteiger partial charge in [-0.2, -0.15) is 0 Å². The van der Waals surface area contributed by atoms with Crippen molar-refractivity contribution >= 4 is 29.2 Å². The second-order valence-electron chi connectivity index (χ2n) is 9.15. The van der Waals surface area contributed by atoms with Crippen molar-refractivity contribution < 1.29 is 24.0 Å². The van der Waals surface area contributed by atoms with Gasteiger partial charge in [0.05, 0.1) is 23.2 Å². The van der Waals surface area contributed by atoms with E-state index in [1.165, 1.54) is 17.4 Å². The smallest absolute Gasteiger partial charge is 0.308 e. The predicted octanol–water partition coefficient (Wildman–Crippen LogP) is 3.09. The molecule has 0 aromatic heterocycles. The Morgan fingerprint density at radius 3 is 2.28 bits per heavy atom. The van der Waals surface area contributed by atoms with E-state index in [2.05, 4.69) is 5.16 Å². The Morgan fingerprint density at radius 1 is 0.969 bits per heavy atom. The summed E-state index contributed by atoms with van der Waals surface area (Å²) >= 11 is 0. The molecule has 1 saturated heterocycles. The number of anilines is 1. The van der Waals surface area contributed by atoms with Crippen molar-refractivity contribution in [3.05, 3.63) is 59.7 Å². The van der Waals surface area contributed by atoms with E-state index in [0.717, 1.165) is 17.7 Å². The number of benzene rings is 2. The van der Waals surface area contributed by atoms with Gasteiger partial charge in [0.15, 0.2) is 0 Å². The largest absolute Gasteiger partial charge is 0.427 e. The zero-order chi connectivity index (χ0) is 22.1. The average molecular weight is 430 g/mol. The van der Waals surface area contributed by atoms with Gasteiger partial charge in [-0.15, -0.1) is 0 Å². The number of carbonyl (C=O) groups excluding carboxylic acids is 3. The second-order valence-corrected chi connectivity index (χ2v) is 9.15. The first kappa shape index (κ1) is 19.2. The van der Waals surface area contributed by atoms with Gasteiger partial charge in [-0.05, 0) is 49.1 Å². The molecule has 2 amide bonds. The molecule has 2 aromatic rings. The average Bonchev–Trinajstić information content (AvgIpc) is 3.50. The molecule has 2 aromatic carbocycles. The summed E-state index contributed by atoms with van der Waals surface area (Å²) < 4.78 is 5.06. The first-order valence-electron chi connectivity index (χ1n) is 10.9. The van der Waals surface area contributed by atoms with Crippen molar-refractivity contribution in [1.82, 2.24) is 0 Å². The summed E-state index contributed by atoms with van der Waals surface area (Å²) in [5.41, 5.74) is 3.58. The number of fused-ring (bicyclic) bond motifs is 8. The van der Waals surface area contributed by atoms with Crippen LogP contribution < -0.4 is 9.64 Å².